The first kappa shape index (κ1) is 26.9. The van der Waals surface area contributed by atoms with Crippen LogP contribution in [0.25, 0.3) is 22.4 Å². The van der Waals surface area contributed by atoms with Crippen LogP contribution in [0.4, 0.5) is 10.8 Å². The van der Waals surface area contributed by atoms with Crippen molar-refractivity contribution in [1.29, 1.82) is 0 Å². The Bertz CT molecular complexity index is 1300. The van der Waals surface area contributed by atoms with E-state index in [0.29, 0.717) is 29.4 Å². The molecule has 0 fully saturated rings. The van der Waals surface area contributed by atoms with Gasteiger partial charge in [0.25, 0.3) is 5.91 Å². The third kappa shape index (κ3) is 6.91. The van der Waals surface area contributed by atoms with Crippen LogP contribution in [0.5, 0.6) is 0 Å². The molecule has 0 saturated heterocycles. The van der Waals surface area contributed by atoms with Gasteiger partial charge in [0, 0.05) is 48.3 Å². The van der Waals surface area contributed by atoms with Crippen molar-refractivity contribution < 1.29 is 14.3 Å². The standard InChI is InChI=1S/C26H25N5O3S.H2S/c1-34-14-11-22(29-24(32)18-5-7-21(27)8-6-18)25(33)31-26-30-23(16-35-26)20-4-2-3-19(15-20)17-9-12-28-13-10-17;/h2-10,12-13,15-16,22H,11,14,27H2,1H3,(H,29,32)(H,30,31,33);1H2/t22-;/m0./s1. The summed E-state index contributed by atoms with van der Waals surface area (Å²) in [6.45, 7) is 0.311. The van der Waals surface area contributed by atoms with Crippen LogP contribution < -0.4 is 16.4 Å². The molecule has 10 heteroatoms. The van der Waals surface area contributed by atoms with Crippen molar-refractivity contribution >= 4 is 47.5 Å². The van der Waals surface area contributed by atoms with E-state index in [9.17, 15) is 9.59 Å². The molecule has 0 aliphatic carbocycles. The Morgan fingerprint density at radius 3 is 2.47 bits per heavy atom. The highest BCUT2D eigenvalue weighted by molar-refractivity contribution is 7.59. The lowest BCUT2D eigenvalue weighted by molar-refractivity contribution is -0.118. The first-order valence-corrected chi connectivity index (χ1v) is 11.8. The Labute approximate surface area is 220 Å². The van der Waals surface area contributed by atoms with Gasteiger partial charge in [0.1, 0.15) is 6.04 Å². The number of anilines is 2. The maximum Gasteiger partial charge on any atom is 0.251 e. The molecule has 2 aromatic heterocycles. The number of nitrogens with one attached hydrogen (secondary N) is 2. The van der Waals surface area contributed by atoms with Crippen molar-refractivity contribution in [2.45, 2.75) is 12.5 Å². The van der Waals surface area contributed by atoms with E-state index in [1.807, 2.05) is 41.8 Å². The molecule has 4 rings (SSSR count). The van der Waals surface area contributed by atoms with Gasteiger partial charge in [-0.25, -0.2) is 4.98 Å². The van der Waals surface area contributed by atoms with Gasteiger partial charge in [-0.3, -0.25) is 14.6 Å². The Morgan fingerprint density at radius 2 is 1.75 bits per heavy atom. The highest BCUT2D eigenvalue weighted by Crippen LogP contribution is 2.28. The number of nitrogens with zero attached hydrogens (tertiary/aromatic N) is 2. The predicted molar refractivity (Wildman–Crippen MR) is 148 cm³/mol. The second-order valence-corrected chi connectivity index (χ2v) is 8.63. The van der Waals surface area contributed by atoms with E-state index in [-0.39, 0.29) is 25.3 Å². The van der Waals surface area contributed by atoms with Crippen LogP contribution in [0.3, 0.4) is 0 Å². The number of benzene rings is 2. The average Bonchev–Trinajstić information content (AvgIpc) is 3.36. The van der Waals surface area contributed by atoms with E-state index in [4.69, 9.17) is 10.5 Å². The second kappa shape index (κ2) is 12.8. The zero-order valence-corrected chi connectivity index (χ0v) is 21.4. The lowest BCUT2D eigenvalue weighted by Crippen LogP contribution is -2.44. The molecule has 0 bridgehead atoms. The van der Waals surface area contributed by atoms with Gasteiger partial charge >= 0.3 is 0 Å². The lowest BCUT2D eigenvalue weighted by Gasteiger charge is -2.17. The molecule has 2 amide bonds. The quantitative estimate of drug-likeness (QED) is 0.282. The molecule has 0 radical (unpaired) electrons. The molecule has 0 aliphatic rings. The highest BCUT2D eigenvalue weighted by atomic mass is 32.1. The first-order chi connectivity index (χ1) is 17.0. The summed E-state index contributed by atoms with van der Waals surface area (Å²) in [7, 11) is 1.55. The molecule has 0 spiro atoms. The maximum atomic E-state index is 13.0. The van der Waals surface area contributed by atoms with Crippen molar-refractivity contribution in [3.8, 4) is 22.4 Å². The van der Waals surface area contributed by atoms with Crippen LogP contribution in [0.15, 0.2) is 78.4 Å². The SMILES string of the molecule is COCC[C@H](NC(=O)c1ccc(N)cc1)C(=O)Nc1nc(-c2cccc(-c3ccncc3)c2)cs1.S. The number of pyridine rings is 1. The number of ether oxygens (including phenoxy) is 1. The molecule has 4 N–H and O–H groups in total. The zero-order valence-electron chi connectivity index (χ0n) is 19.6. The number of hydrogen-bond donors (Lipinski definition) is 3. The number of nitrogen functional groups attached to an aromatic ring is 1. The van der Waals surface area contributed by atoms with Crippen LogP contribution >= 0.6 is 24.8 Å². The van der Waals surface area contributed by atoms with E-state index in [1.165, 1.54) is 11.3 Å². The normalized spacial score (nSPS) is 11.2. The lowest BCUT2D eigenvalue weighted by atomic mass is 10.0. The fourth-order valence-electron chi connectivity index (χ4n) is 3.44. The topological polar surface area (TPSA) is 119 Å². The van der Waals surface area contributed by atoms with Crippen LogP contribution in [0.1, 0.15) is 16.8 Å². The number of methoxy groups -OCH3 is 1. The minimum Gasteiger partial charge on any atom is -0.399 e. The third-order valence-electron chi connectivity index (χ3n) is 5.31. The summed E-state index contributed by atoms with van der Waals surface area (Å²) in [6.07, 6.45) is 3.82. The van der Waals surface area contributed by atoms with Gasteiger partial charge in [-0.05, 0) is 60.0 Å². The molecule has 4 aromatic rings. The van der Waals surface area contributed by atoms with Gasteiger partial charge in [0.15, 0.2) is 5.13 Å². The number of hydrogen-bond acceptors (Lipinski definition) is 7. The van der Waals surface area contributed by atoms with Crippen molar-refractivity contribution in [3.05, 3.63) is 84.0 Å². The summed E-state index contributed by atoms with van der Waals surface area (Å²) in [5, 5.41) is 7.93. The van der Waals surface area contributed by atoms with Crippen molar-refractivity contribution in [1.82, 2.24) is 15.3 Å². The summed E-state index contributed by atoms with van der Waals surface area (Å²) in [6, 6.07) is 17.6. The molecule has 0 unspecified atom stereocenters. The van der Waals surface area contributed by atoms with Crippen LogP contribution in [0.2, 0.25) is 0 Å². The molecular formula is C26H27N5O3S2. The molecule has 2 aromatic carbocycles. The molecule has 2 heterocycles. The van der Waals surface area contributed by atoms with Crippen molar-refractivity contribution in [2.24, 2.45) is 0 Å². The number of nitrogens with two attached hydrogens (primary N) is 1. The Kier molecular flexibility index (Phi) is 9.57. The van der Waals surface area contributed by atoms with Crippen LogP contribution in [-0.4, -0.2) is 41.5 Å². The highest BCUT2D eigenvalue weighted by Gasteiger charge is 2.22. The largest absolute Gasteiger partial charge is 0.399 e. The first-order valence-electron chi connectivity index (χ1n) is 11.0. The van der Waals surface area contributed by atoms with Crippen LogP contribution in [0, 0.1) is 0 Å². The number of amides is 2. The van der Waals surface area contributed by atoms with E-state index in [0.717, 1.165) is 22.4 Å². The minimum absolute atomic E-state index is 0. The summed E-state index contributed by atoms with van der Waals surface area (Å²) in [5.74, 6) is -0.730. The van der Waals surface area contributed by atoms with E-state index in [2.05, 4.69) is 20.6 Å². The zero-order chi connectivity index (χ0) is 24.6. The predicted octanol–water partition coefficient (Wildman–Crippen LogP) is 4.34. The number of thiazole rings is 1. The number of rotatable bonds is 9. The summed E-state index contributed by atoms with van der Waals surface area (Å²) >= 11 is 1.32. The number of carbonyl (C=O) groups is 2. The number of aromatic nitrogens is 2. The fourth-order valence-corrected chi connectivity index (χ4v) is 4.16. The van der Waals surface area contributed by atoms with Gasteiger partial charge in [-0.2, -0.15) is 13.5 Å². The summed E-state index contributed by atoms with van der Waals surface area (Å²) in [4.78, 5) is 34.3. The molecule has 186 valence electrons. The van der Waals surface area contributed by atoms with E-state index >= 15 is 0 Å². The Hall–Kier alpha value is -3.73. The summed E-state index contributed by atoms with van der Waals surface area (Å²) < 4.78 is 5.12. The molecule has 1 atom stereocenters. The average molecular weight is 522 g/mol. The number of carbonyl (C=O) groups excluding carboxylic acids is 2. The third-order valence-corrected chi connectivity index (χ3v) is 6.07. The molecule has 36 heavy (non-hydrogen) atoms. The smallest absolute Gasteiger partial charge is 0.251 e. The Morgan fingerprint density at radius 1 is 1.03 bits per heavy atom. The van der Waals surface area contributed by atoms with Crippen LogP contribution in [-0.2, 0) is 9.53 Å². The van der Waals surface area contributed by atoms with Gasteiger partial charge in [0.05, 0.1) is 5.69 Å². The maximum absolute atomic E-state index is 13.0. The van der Waals surface area contributed by atoms with Crippen molar-refractivity contribution in [2.75, 3.05) is 24.8 Å². The monoisotopic (exact) mass is 521 g/mol. The molecule has 0 saturated carbocycles. The molecule has 0 aliphatic heterocycles. The Balaban J connectivity index is 0.00000361. The second-order valence-electron chi connectivity index (χ2n) is 7.77. The van der Waals surface area contributed by atoms with Gasteiger partial charge in [-0.1, -0.05) is 18.2 Å². The summed E-state index contributed by atoms with van der Waals surface area (Å²) in [5.41, 5.74) is 10.5. The minimum atomic E-state index is -0.789. The van der Waals surface area contributed by atoms with Crippen molar-refractivity contribution in [3.63, 3.8) is 0 Å². The van der Waals surface area contributed by atoms with Gasteiger partial charge in [-0.15, -0.1) is 11.3 Å². The van der Waals surface area contributed by atoms with Gasteiger partial charge in [0.2, 0.25) is 5.91 Å². The van der Waals surface area contributed by atoms with E-state index < -0.39 is 6.04 Å². The fraction of sp³-hybridized carbons (Fsp3) is 0.154. The van der Waals surface area contributed by atoms with Gasteiger partial charge < -0.3 is 21.1 Å². The van der Waals surface area contributed by atoms with E-state index in [1.54, 1.807) is 43.8 Å². The molecule has 8 nitrogen and oxygen atoms in total. The molecular weight excluding hydrogens is 494 g/mol.